The summed E-state index contributed by atoms with van der Waals surface area (Å²) in [4.78, 5) is 0. The van der Waals surface area contributed by atoms with Gasteiger partial charge in [-0.15, -0.1) is 0 Å². The molecule has 16 heavy (non-hydrogen) atoms. The van der Waals surface area contributed by atoms with Crippen LogP contribution in [0, 0.1) is 0 Å². The lowest BCUT2D eigenvalue weighted by molar-refractivity contribution is -0.137. The first-order valence-electron chi connectivity index (χ1n) is 5.18. The fourth-order valence-corrected chi connectivity index (χ4v) is 1.82. The Labute approximate surface area is 91.8 Å². The van der Waals surface area contributed by atoms with Gasteiger partial charge in [0.05, 0.1) is 5.56 Å². The van der Waals surface area contributed by atoms with Crippen molar-refractivity contribution in [2.24, 2.45) is 0 Å². The summed E-state index contributed by atoms with van der Waals surface area (Å²) < 4.78 is 37.5. The van der Waals surface area contributed by atoms with Crippen LogP contribution in [0.25, 0.3) is 0 Å². The second-order valence-corrected chi connectivity index (χ2v) is 3.83. The Morgan fingerprint density at radius 3 is 2.62 bits per heavy atom. The molecule has 0 amide bonds. The maximum absolute atomic E-state index is 12.5. The summed E-state index contributed by atoms with van der Waals surface area (Å²) in [5.74, 6) is 0. The Balaban J connectivity index is 2.21. The highest BCUT2D eigenvalue weighted by atomic mass is 19.4. The van der Waals surface area contributed by atoms with Crippen LogP contribution in [0.4, 0.5) is 13.2 Å². The number of alkyl halides is 3. The van der Waals surface area contributed by atoms with Crippen LogP contribution in [0.5, 0.6) is 0 Å². The zero-order valence-corrected chi connectivity index (χ0v) is 8.64. The van der Waals surface area contributed by atoms with Crippen LogP contribution in [-0.4, -0.2) is 19.6 Å². The molecule has 0 aliphatic carbocycles. The van der Waals surface area contributed by atoms with Gasteiger partial charge in [0.1, 0.15) is 0 Å². The van der Waals surface area contributed by atoms with Gasteiger partial charge >= 0.3 is 6.18 Å². The van der Waals surface area contributed by atoms with Crippen molar-refractivity contribution in [1.82, 2.24) is 10.6 Å². The number of rotatable bonds is 1. The van der Waals surface area contributed by atoms with E-state index in [1.807, 2.05) is 0 Å². The van der Waals surface area contributed by atoms with Gasteiger partial charge < -0.3 is 10.6 Å². The Morgan fingerprint density at radius 1 is 1.19 bits per heavy atom. The molecule has 1 fully saturated rings. The number of halogens is 3. The third kappa shape index (κ3) is 2.54. The fourth-order valence-electron chi connectivity index (χ4n) is 1.82. The van der Waals surface area contributed by atoms with Crippen LogP contribution in [0.1, 0.15) is 17.2 Å². The smallest absolute Gasteiger partial charge is 0.314 e. The minimum Gasteiger partial charge on any atom is -0.314 e. The van der Waals surface area contributed by atoms with Crippen molar-refractivity contribution in [3.8, 4) is 0 Å². The van der Waals surface area contributed by atoms with Crippen molar-refractivity contribution in [3.05, 3.63) is 35.4 Å². The lowest BCUT2D eigenvalue weighted by Crippen LogP contribution is -2.42. The lowest BCUT2D eigenvalue weighted by Gasteiger charge is -2.25. The Bertz CT molecular complexity index is 356. The molecule has 1 unspecified atom stereocenters. The summed E-state index contributed by atoms with van der Waals surface area (Å²) in [6.45, 7) is 2.30. The standard InChI is InChI=1S/C11H13F3N2/c12-11(13,14)9-3-1-2-8(6-9)10-7-15-4-5-16-10/h1-3,6,10,15-16H,4-5,7H2. The molecule has 0 spiro atoms. The second kappa shape index (κ2) is 4.43. The lowest BCUT2D eigenvalue weighted by atomic mass is 10.0. The molecular formula is C11H13F3N2. The van der Waals surface area contributed by atoms with Crippen LogP contribution >= 0.6 is 0 Å². The van der Waals surface area contributed by atoms with E-state index in [0.29, 0.717) is 12.1 Å². The van der Waals surface area contributed by atoms with Gasteiger partial charge in [0.15, 0.2) is 0 Å². The minimum absolute atomic E-state index is 0.0314. The average molecular weight is 230 g/mol. The molecule has 1 aromatic rings. The molecule has 1 aliphatic heterocycles. The van der Waals surface area contributed by atoms with E-state index >= 15 is 0 Å². The summed E-state index contributed by atoms with van der Waals surface area (Å²) in [5.41, 5.74) is 0.0967. The van der Waals surface area contributed by atoms with Gasteiger partial charge in [-0.1, -0.05) is 12.1 Å². The number of hydrogen-bond acceptors (Lipinski definition) is 2. The van der Waals surface area contributed by atoms with E-state index in [0.717, 1.165) is 19.2 Å². The second-order valence-electron chi connectivity index (χ2n) is 3.83. The number of hydrogen-bond donors (Lipinski definition) is 2. The van der Waals surface area contributed by atoms with E-state index in [-0.39, 0.29) is 6.04 Å². The molecule has 2 rings (SSSR count). The van der Waals surface area contributed by atoms with E-state index in [4.69, 9.17) is 0 Å². The fraction of sp³-hybridized carbons (Fsp3) is 0.455. The molecule has 5 heteroatoms. The highest BCUT2D eigenvalue weighted by Gasteiger charge is 2.31. The SMILES string of the molecule is FC(F)(F)c1cccc(C2CNCCN2)c1. The molecular weight excluding hydrogens is 217 g/mol. The van der Waals surface area contributed by atoms with Crippen LogP contribution in [0.15, 0.2) is 24.3 Å². The first kappa shape index (κ1) is 11.4. The molecule has 1 saturated heterocycles. The minimum atomic E-state index is -4.27. The Kier molecular flexibility index (Phi) is 3.16. The van der Waals surface area contributed by atoms with Crippen LogP contribution in [0.3, 0.4) is 0 Å². The molecule has 1 heterocycles. The van der Waals surface area contributed by atoms with Crippen molar-refractivity contribution in [3.63, 3.8) is 0 Å². The van der Waals surface area contributed by atoms with Gasteiger partial charge in [-0.3, -0.25) is 0 Å². The van der Waals surface area contributed by atoms with Crippen molar-refractivity contribution < 1.29 is 13.2 Å². The van der Waals surface area contributed by atoms with E-state index < -0.39 is 11.7 Å². The predicted octanol–water partition coefficient (Wildman–Crippen LogP) is 1.94. The number of piperazine rings is 1. The van der Waals surface area contributed by atoms with Gasteiger partial charge in [-0.05, 0) is 17.7 Å². The number of benzene rings is 1. The monoisotopic (exact) mass is 230 g/mol. The highest BCUT2D eigenvalue weighted by molar-refractivity contribution is 5.28. The summed E-state index contributed by atoms with van der Waals surface area (Å²) in [6, 6.07) is 5.45. The molecule has 1 aromatic carbocycles. The Morgan fingerprint density at radius 2 is 2.00 bits per heavy atom. The molecule has 0 radical (unpaired) electrons. The molecule has 2 nitrogen and oxygen atoms in total. The third-order valence-electron chi connectivity index (χ3n) is 2.66. The molecule has 0 aromatic heterocycles. The highest BCUT2D eigenvalue weighted by Crippen LogP contribution is 2.30. The van der Waals surface area contributed by atoms with Gasteiger partial charge in [-0.2, -0.15) is 13.2 Å². The average Bonchev–Trinajstić information content (AvgIpc) is 2.29. The zero-order chi connectivity index (χ0) is 11.6. The molecule has 1 aliphatic rings. The van der Waals surface area contributed by atoms with Gasteiger partial charge in [0, 0.05) is 25.7 Å². The quantitative estimate of drug-likeness (QED) is 0.770. The van der Waals surface area contributed by atoms with E-state index in [1.165, 1.54) is 12.1 Å². The van der Waals surface area contributed by atoms with Crippen molar-refractivity contribution in [2.75, 3.05) is 19.6 Å². The van der Waals surface area contributed by atoms with Crippen LogP contribution < -0.4 is 10.6 Å². The van der Waals surface area contributed by atoms with Crippen molar-refractivity contribution >= 4 is 0 Å². The summed E-state index contributed by atoms with van der Waals surface area (Å²) in [7, 11) is 0. The van der Waals surface area contributed by atoms with E-state index in [1.54, 1.807) is 6.07 Å². The van der Waals surface area contributed by atoms with Crippen molar-refractivity contribution in [1.29, 1.82) is 0 Å². The first-order valence-corrected chi connectivity index (χ1v) is 5.18. The maximum Gasteiger partial charge on any atom is 0.416 e. The molecule has 1 atom stereocenters. The normalized spacial score (nSPS) is 22.1. The van der Waals surface area contributed by atoms with Crippen molar-refractivity contribution in [2.45, 2.75) is 12.2 Å². The van der Waals surface area contributed by atoms with Crippen LogP contribution in [-0.2, 0) is 6.18 Å². The predicted molar refractivity (Wildman–Crippen MR) is 55.1 cm³/mol. The molecule has 2 N–H and O–H groups in total. The molecule has 88 valence electrons. The van der Waals surface area contributed by atoms with E-state index in [2.05, 4.69) is 10.6 Å². The maximum atomic E-state index is 12.5. The summed E-state index contributed by atoms with van der Waals surface area (Å²) in [6.07, 6.45) is -4.27. The largest absolute Gasteiger partial charge is 0.416 e. The van der Waals surface area contributed by atoms with Gasteiger partial charge in [-0.25, -0.2) is 0 Å². The van der Waals surface area contributed by atoms with Gasteiger partial charge in [0.25, 0.3) is 0 Å². The molecule has 0 bridgehead atoms. The summed E-state index contributed by atoms with van der Waals surface area (Å²) >= 11 is 0. The Hall–Kier alpha value is -1.07. The summed E-state index contributed by atoms with van der Waals surface area (Å²) in [5, 5.41) is 6.33. The first-order chi connectivity index (χ1) is 7.57. The molecule has 0 saturated carbocycles. The number of nitrogens with one attached hydrogen (secondary N) is 2. The van der Waals surface area contributed by atoms with Gasteiger partial charge in [0.2, 0.25) is 0 Å². The van der Waals surface area contributed by atoms with E-state index in [9.17, 15) is 13.2 Å². The topological polar surface area (TPSA) is 24.1 Å². The third-order valence-corrected chi connectivity index (χ3v) is 2.66. The zero-order valence-electron chi connectivity index (χ0n) is 8.64. The van der Waals surface area contributed by atoms with Crippen LogP contribution in [0.2, 0.25) is 0 Å².